The van der Waals surface area contributed by atoms with Crippen molar-refractivity contribution in [1.82, 2.24) is 14.5 Å². The molecule has 1 aliphatic rings. The second-order valence-electron chi connectivity index (χ2n) is 8.62. The number of hydrogen-bond donors (Lipinski definition) is 1. The van der Waals surface area contributed by atoms with Crippen LogP contribution < -0.4 is 5.32 Å². The second kappa shape index (κ2) is 8.19. The highest BCUT2D eigenvalue weighted by Crippen LogP contribution is 2.33. The molecule has 0 radical (unpaired) electrons. The number of aromatic nitrogens is 2. The summed E-state index contributed by atoms with van der Waals surface area (Å²) in [6.45, 7) is 7.00. The summed E-state index contributed by atoms with van der Waals surface area (Å²) >= 11 is 6.02. The van der Waals surface area contributed by atoms with Crippen molar-refractivity contribution in [3.63, 3.8) is 0 Å². The predicted octanol–water partition coefficient (Wildman–Crippen LogP) is 6.01. The summed E-state index contributed by atoms with van der Waals surface area (Å²) in [4.78, 5) is 19.0. The zero-order valence-electron chi connectivity index (χ0n) is 17.6. The highest BCUT2D eigenvalue weighted by atomic mass is 35.5. The maximum atomic E-state index is 12.4. The summed E-state index contributed by atoms with van der Waals surface area (Å²) in [6, 6.07) is 16.0. The van der Waals surface area contributed by atoms with Crippen LogP contribution in [0.1, 0.15) is 39.7 Å². The molecule has 1 fully saturated rings. The molecule has 158 valence electrons. The summed E-state index contributed by atoms with van der Waals surface area (Å²) in [5.74, 6) is 0.800. The van der Waals surface area contributed by atoms with E-state index in [1.165, 1.54) is 0 Å². The van der Waals surface area contributed by atoms with Crippen LogP contribution in [0.4, 0.5) is 16.4 Å². The molecule has 4 rings (SSSR count). The van der Waals surface area contributed by atoms with Gasteiger partial charge in [0.2, 0.25) is 5.95 Å². The Hall–Kier alpha value is -2.73. The minimum absolute atomic E-state index is 0.240. The monoisotopic (exact) mass is 426 g/mol. The van der Waals surface area contributed by atoms with Crippen molar-refractivity contribution in [2.75, 3.05) is 18.4 Å². The zero-order chi connectivity index (χ0) is 21.3. The van der Waals surface area contributed by atoms with Gasteiger partial charge in [0, 0.05) is 29.8 Å². The Morgan fingerprint density at radius 3 is 2.43 bits per heavy atom. The number of carbonyl (C=O) groups is 1. The van der Waals surface area contributed by atoms with Crippen molar-refractivity contribution >= 4 is 40.4 Å². The molecular formula is C23H27ClN4O2. The van der Waals surface area contributed by atoms with Gasteiger partial charge in [0.05, 0.1) is 11.0 Å². The standard InChI is InChI=1S/C23H27ClN4O2/c1-23(2,3)30-22(29)27-14-12-18(13-15-27)28-20-7-5-4-6-19(20)26-21(28)25-17-10-8-16(24)9-11-17/h4-11,18H,12-15H2,1-3H3,(H,25,26). The molecule has 3 aromatic rings. The van der Waals surface area contributed by atoms with Crippen LogP contribution in [-0.2, 0) is 4.74 Å². The van der Waals surface area contributed by atoms with Crippen LogP contribution in [0.25, 0.3) is 11.0 Å². The van der Waals surface area contributed by atoms with Crippen LogP contribution in [0.15, 0.2) is 48.5 Å². The Morgan fingerprint density at radius 1 is 1.10 bits per heavy atom. The summed E-state index contributed by atoms with van der Waals surface area (Å²) in [5, 5.41) is 4.14. The first kappa shape index (κ1) is 20.5. The Morgan fingerprint density at radius 2 is 1.77 bits per heavy atom. The number of nitrogens with one attached hydrogen (secondary N) is 1. The lowest BCUT2D eigenvalue weighted by atomic mass is 10.0. The number of rotatable bonds is 3. The number of imidazole rings is 1. The number of fused-ring (bicyclic) bond motifs is 1. The maximum absolute atomic E-state index is 12.4. The highest BCUT2D eigenvalue weighted by Gasteiger charge is 2.29. The van der Waals surface area contributed by atoms with Crippen LogP contribution in [-0.4, -0.2) is 39.2 Å². The van der Waals surface area contributed by atoms with Crippen LogP contribution in [0.5, 0.6) is 0 Å². The number of hydrogen-bond acceptors (Lipinski definition) is 4. The van der Waals surface area contributed by atoms with Gasteiger partial charge in [-0.3, -0.25) is 0 Å². The van der Waals surface area contributed by atoms with E-state index in [1.54, 1.807) is 4.90 Å². The molecule has 0 atom stereocenters. The SMILES string of the molecule is CC(C)(C)OC(=O)N1CCC(n2c(Nc3ccc(Cl)cc3)nc3ccccc32)CC1. The molecule has 7 heteroatoms. The Balaban J connectivity index is 1.56. The maximum Gasteiger partial charge on any atom is 0.410 e. The molecule has 1 amide bonds. The van der Waals surface area contributed by atoms with Crippen LogP contribution >= 0.6 is 11.6 Å². The van der Waals surface area contributed by atoms with Crippen LogP contribution in [0.3, 0.4) is 0 Å². The van der Waals surface area contributed by atoms with E-state index in [4.69, 9.17) is 21.3 Å². The quantitative estimate of drug-likeness (QED) is 0.557. The number of nitrogens with zero attached hydrogens (tertiary/aromatic N) is 3. The number of amides is 1. The fourth-order valence-electron chi connectivity index (χ4n) is 3.80. The van der Waals surface area contributed by atoms with Crippen molar-refractivity contribution in [3.05, 3.63) is 53.6 Å². The molecule has 6 nitrogen and oxygen atoms in total. The molecule has 2 aromatic carbocycles. The predicted molar refractivity (Wildman–Crippen MR) is 121 cm³/mol. The van der Waals surface area contributed by atoms with Gasteiger partial charge in [0.25, 0.3) is 0 Å². The lowest BCUT2D eigenvalue weighted by Crippen LogP contribution is -2.42. The molecule has 0 spiro atoms. The average molecular weight is 427 g/mol. The number of carbonyl (C=O) groups excluding carboxylic acids is 1. The molecule has 1 N–H and O–H groups in total. The van der Waals surface area contributed by atoms with E-state index in [9.17, 15) is 4.79 Å². The third kappa shape index (κ3) is 4.54. The van der Waals surface area contributed by atoms with Crippen molar-refractivity contribution in [2.45, 2.75) is 45.3 Å². The molecule has 0 saturated carbocycles. The molecule has 0 aliphatic carbocycles. The van der Waals surface area contributed by atoms with Crippen molar-refractivity contribution < 1.29 is 9.53 Å². The van der Waals surface area contributed by atoms with Gasteiger partial charge in [0.15, 0.2) is 0 Å². The number of anilines is 2. The van der Waals surface area contributed by atoms with Gasteiger partial charge >= 0.3 is 6.09 Å². The summed E-state index contributed by atoms with van der Waals surface area (Å²) in [7, 11) is 0. The fourth-order valence-corrected chi connectivity index (χ4v) is 3.92. The van der Waals surface area contributed by atoms with Crippen LogP contribution in [0, 0.1) is 0 Å². The lowest BCUT2D eigenvalue weighted by Gasteiger charge is -2.34. The van der Waals surface area contributed by atoms with Gasteiger partial charge in [-0.2, -0.15) is 0 Å². The van der Waals surface area contributed by atoms with Gasteiger partial charge < -0.3 is 19.5 Å². The zero-order valence-corrected chi connectivity index (χ0v) is 18.3. The number of piperidine rings is 1. The summed E-state index contributed by atoms with van der Waals surface area (Å²) < 4.78 is 7.79. The molecule has 30 heavy (non-hydrogen) atoms. The van der Waals surface area contributed by atoms with E-state index in [-0.39, 0.29) is 12.1 Å². The fraction of sp³-hybridized carbons (Fsp3) is 0.391. The largest absolute Gasteiger partial charge is 0.444 e. The topological polar surface area (TPSA) is 59.4 Å². The summed E-state index contributed by atoms with van der Waals surface area (Å²) in [5.41, 5.74) is 2.49. The first-order valence-electron chi connectivity index (χ1n) is 10.3. The minimum atomic E-state index is -0.482. The van der Waals surface area contributed by atoms with E-state index in [2.05, 4.69) is 16.0 Å². The van der Waals surface area contributed by atoms with Crippen molar-refractivity contribution in [3.8, 4) is 0 Å². The van der Waals surface area contributed by atoms with E-state index in [1.807, 2.05) is 63.2 Å². The van der Waals surface area contributed by atoms with Gasteiger partial charge in [0.1, 0.15) is 5.60 Å². The molecule has 0 unspecified atom stereocenters. The number of para-hydroxylation sites is 2. The van der Waals surface area contributed by atoms with Gasteiger partial charge in [-0.25, -0.2) is 9.78 Å². The summed E-state index contributed by atoms with van der Waals surface area (Å²) in [6.07, 6.45) is 1.44. The third-order valence-electron chi connectivity index (χ3n) is 5.18. The highest BCUT2D eigenvalue weighted by molar-refractivity contribution is 6.30. The van der Waals surface area contributed by atoms with Crippen molar-refractivity contribution in [1.29, 1.82) is 0 Å². The smallest absolute Gasteiger partial charge is 0.410 e. The molecule has 1 aromatic heterocycles. The van der Waals surface area contributed by atoms with Gasteiger partial charge in [-0.05, 0) is 70.0 Å². The molecule has 0 bridgehead atoms. The number of halogens is 1. The van der Waals surface area contributed by atoms with Crippen LogP contribution in [0.2, 0.25) is 5.02 Å². The number of ether oxygens (including phenoxy) is 1. The molecule has 2 heterocycles. The lowest BCUT2D eigenvalue weighted by molar-refractivity contribution is 0.0190. The second-order valence-corrected chi connectivity index (χ2v) is 9.06. The normalized spacial score (nSPS) is 15.4. The van der Waals surface area contributed by atoms with Gasteiger partial charge in [-0.1, -0.05) is 23.7 Å². The molecule has 1 saturated heterocycles. The first-order valence-corrected chi connectivity index (χ1v) is 10.7. The first-order chi connectivity index (χ1) is 14.3. The molecular weight excluding hydrogens is 400 g/mol. The van der Waals surface area contributed by atoms with Crippen molar-refractivity contribution in [2.24, 2.45) is 0 Å². The van der Waals surface area contributed by atoms with Gasteiger partial charge in [-0.15, -0.1) is 0 Å². The Kier molecular flexibility index (Phi) is 5.60. The number of likely N-dealkylation sites (tertiary alicyclic amines) is 1. The Labute approximate surface area is 181 Å². The van der Waals surface area contributed by atoms with E-state index in [0.29, 0.717) is 18.1 Å². The Bertz CT molecular complexity index is 1030. The van der Waals surface area contributed by atoms with E-state index >= 15 is 0 Å². The van der Waals surface area contributed by atoms with E-state index in [0.717, 1.165) is 35.5 Å². The van der Waals surface area contributed by atoms with E-state index < -0.39 is 5.60 Å². The average Bonchev–Trinajstić information content (AvgIpc) is 3.06. The minimum Gasteiger partial charge on any atom is -0.444 e. The number of benzene rings is 2. The molecule has 1 aliphatic heterocycles. The third-order valence-corrected chi connectivity index (χ3v) is 5.43.